The summed E-state index contributed by atoms with van der Waals surface area (Å²) in [6.07, 6.45) is 0. The van der Waals surface area contributed by atoms with Gasteiger partial charge in [-0.3, -0.25) is 0 Å². The Hall–Kier alpha value is -1.44. The van der Waals surface area contributed by atoms with Crippen LogP contribution in [0.4, 0.5) is 5.69 Å². The highest BCUT2D eigenvalue weighted by molar-refractivity contribution is 7.89. The predicted octanol–water partition coefficient (Wildman–Crippen LogP) is 2.92. The Bertz CT molecular complexity index is 693. The van der Waals surface area contributed by atoms with Gasteiger partial charge in [0, 0.05) is 17.6 Å². The number of rotatable bonds is 6. The summed E-state index contributed by atoms with van der Waals surface area (Å²) in [6.45, 7) is 6.13. The molecule has 0 aliphatic heterocycles. The molecule has 0 spiro atoms. The van der Waals surface area contributed by atoms with Gasteiger partial charge in [-0.05, 0) is 38.1 Å². The highest BCUT2D eigenvalue weighted by atomic mass is 32.2. The van der Waals surface area contributed by atoms with Gasteiger partial charge in [0.1, 0.15) is 0 Å². The molecule has 0 fully saturated rings. The number of thiazole rings is 1. The van der Waals surface area contributed by atoms with Gasteiger partial charge in [0.2, 0.25) is 10.0 Å². The van der Waals surface area contributed by atoms with E-state index < -0.39 is 10.0 Å². The summed E-state index contributed by atoms with van der Waals surface area (Å²) in [5.74, 6) is 0. The van der Waals surface area contributed by atoms with Crippen LogP contribution >= 0.6 is 11.3 Å². The van der Waals surface area contributed by atoms with E-state index in [0.717, 1.165) is 16.4 Å². The van der Waals surface area contributed by atoms with Gasteiger partial charge in [0.15, 0.2) is 0 Å². The van der Waals surface area contributed by atoms with E-state index in [1.165, 1.54) is 0 Å². The number of benzene rings is 1. The minimum absolute atomic E-state index is 0.0752. The fourth-order valence-corrected chi connectivity index (χ4v) is 3.65. The molecule has 0 aliphatic rings. The maximum absolute atomic E-state index is 11.8. The smallest absolute Gasteiger partial charge is 0.240 e. The summed E-state index contributed by atoms with van der Waals surface area (Å²) in [5.41, 5.74) is 1.85. The molecule has 0 saturated heterocycles. The van der Waals surface area contributed by atoms with Gasteiger partial charge >= 0.3 is 0 Å². The van der Waals surface area contributed by atoms with Crippen LogP contribution in [-0.2, 0) is 10.0 Å². The zero-order chi connectivity index (χ0) is 15.5. The standard InChI is InChI=1S/C14H19N3O2S2/c1-4-15-21(18,19)13-7-5-12(6-8-13)16-10(2)14-9-20-11(3)17-14/h5-10,15-16H,4H2,1-3H3. The summed E-state index contributed by atoms with van der Waals surface area (Å²) in [6, 6.07) is 6.80. The fourth-order valence-electron chi connectivity index (χ4n) is 1.91. The Morgan fingerprint density at radius 3 is 2.48 bits per heavy atom. The van der Waals surface area contributed by atoms with E-state index in [0.29, 0.717) is 6.54 Å². The van der Waals surface area contributed by atoms with Gasteiger partial charge in [0.05, 0.1) is 21.6 Å². The third-order valence-electron chi connectivity index (χ3n) is 2.96. The Kier molecular flexibility index (Phi) is 4.97. The Morgan fingerprint density at radius 1 is 1.29 bits per heavy atom. The number of hydrogen-bond acceptors (Lipinski definition) is 5. The lowest BCUT2D eigenvalue weighted by atomic mass is 10.2. The van der Waals surface area contributed by atoms with Crippen molar-refractivity contribution in [3.05, 3.63) is 40.3 Å². The molecule has 1 atom stereocenters. The molecule has 0 bridgehead atoms. The Balaban J connectivity index is 2.09. The number of hydrogen-bond donors (Lipinski definition) is 2. The van der Waals surface area contributed by atoms with Crippen LogP contribution in [0, 0.1) is 6.92 Å². The first-order chi connectivity index (χ1) is 9.92. The van der Waals surface area contributed by atoms with Crippen LogP contribution in [0.5, 0.6) is 0 Å². The van der Waals surface area contributed by atoms with Gasteiger partial charge < -0.3 is 5.32 Å². The number of aryl methyl sites for hydroxylation is 1. The summed E-state index contributed by atoms with van der Waals surface area (Å²) in [4.78, 5) is 4.71. The predicted molar refractivity (Wildman–Crippen MR) is 86.2 cm³/mol. The van der Waals surface area contributed by atoms with Crippen molar-refractivity contribution in [2.75, 3.05) is 11.9 Å². The number of aromatic nitrogens is 1. The molecule has 0 amide bonds. The summed E-state index contributed by atoms with van der Waals surface area (Å²) in [5, 5.41) is 6.37. The van der Waals surface area contributed by atoms with E-state index in [9.17, 15) is 8.42 Å². The molecular formula is C14H19N3O2S2. The molecule has 114 valence electrons. The van der Waals surface area contributed by atoms with Gasteiger partial charge in [-0.25, -0.2) is 18.1 Å². The van der Waals surface area contributed by atoms with Gasteiger partial charge in [-0.1, -0.05) is 6.92 Å². The van der Waals surface area contributed by atoms with Crippen molar-refractivity contribution in [2.45, 2.75) is 31.7 Å². The molecule has 1 heterocycles. The molecule has 0 radical (unpaired) electrons. The second-order valence-electron chi connectivity index (χ2n) is 4.68. The fraction of sp³-hybridized carbons (Fsp3) is 0.357. The average Bonchev–Trinajstić information content (AvgIpc) is 2.86. The second-order valence-corrected chi connectivity index (χ2v) is 7.51. The lowest BCUT2D eigenvalue weighted by Gasteiger charge is -2.13. The van der Waals surface area contributed by atoms with Crippen LogP contribution in [0.25, 0.3) is 0 Å². The zero-order valence-corrected chi connectivity index (χ0v) is 13.9. The number of sulfonamides is 1. The van der Waals surface area contributed by atoms with Crippen molar-refractivity contribution in [1.82, 2.24) is 9.71 Å². The lowest BCUT2D eigenvalue weighted by Crippen LogP contribution is -2.23. The molecule has 1 aromatic carbocycles. The lowest BCUT2D eigenvalue weighted by molar-refractivity contribution is 0.584. The monoisotopic (exact) mass is 325 g/mol. The Labute approximate surface area is 129 Å². The molecule has 0 saturated carbocycles. The summed E-state index contributed by atoms with van der Waals surface area (Å²) < 4.78 is 26.2. The first-order valence-corrected chi connectivity index (χ1v) is 9.07. The quantitative estimate of drug-likeness (QED) is 0.856. The highest BCUT2D eigenvalue weighted by Gasteiger charge is 2.13. The minimum atomic E-state index is -3.39. The van der Waals surface area contributed by atoms with Crippen molar-refractivity contribution in [3.8, 4) is 0 Å². The van der Waals surface area contributed by atoms with Crippen LogP contribution in [0.2, 0.25) is 0 Å². The molecule has 0 aliphatic carbocycles. The zero-order valence-electron chi connectivity index (χ0n) is 12.3. The van der Waals surface area contributed by atoms with Gasteiger partial charge in [-0.2, -0.15) is 0 Å². The molecule has 21 heavy (non-hydrogen) atoms. The molecule has 7 heteroatoms. The second kappa shape index (κ2) is 6.55. The average molecular weight is 325 g/mol. The molecule has 2 rings (SSSR count). The molecule has 2 N–H and O–H groups in total. The third-order valence-corrected chi connectivity index (χ3v) is 5.32. The number of nitrogens with zero attached hydrogens (tertiary/aromatic N) is 1. The maximum atomic E-state index is 11.8. The topological polar surface area (TPSA) is 71.1 Å². The van der Waals surface area contributed by atoms with Crippen LogP contribution in [0.1, 0.15) is 30.6 Å². The van der Waals surface area contributed by atoms with E-state index in [4.69, 9.17) is 0 Å². The van der Waals surface area contributed by atoms with Crippen LogP contribution in [0.15, 0.2) is 34.5 Å². The normalized spacial score (nSPS) is 13.1. The minimum Gasteiger partial charge on any atom is -0.377 e. The largest absolute Gasteiger partial charge is 0.377 e. The summed E-state index contributed by atoms with van der Waals surface area (Å²) >= 11 is 1.62. The molecular weight excluding hydrogens is 306 g/mol. The van der Waals surface area contributed by atoms with Crippen molar-refractivity contribution in [1.29, 1.82) is 0 Å². The van der Waals surface area contributed by atoms with Gasteiger partial charge in [0.25, 0.3) is 0 Å². The van der Waals surface area contributed by atoms with Crippen molar-refractivity contribution >= 4 is 27.0 Å². The van der Waals surface area contributed by atoms with E-state index >= 15 is 0 Å². The van der Waals surface area contributed by atoms with E-state index in [-0.39, 0.29) is 10.9 Å². The highest BCUT2D eigenvalue weighted by Crippen LogP contribution is 2.22. The number of nitrogens with one attached hydrogen (secondary N) is 2. The third kappa shape index (κ3) is 4.03. The van der Waals surface area contributed by atoms with Crippen molar-refractivity contribution in [2.24, 2.45) is 0 Å². The molecule has 1 unspecified atom stereocenters. The van der Waals surface area contributed by atoms with E-state index in [1.54, 1.807) is 42.5 Å². The maximum Gasteiger partial charge on any atom is 0.240 e. The van der Waals surface area contributed by atoms with Crippen LogP contribution < -0.4 is 10.0 Å². The molecule has 5 nitrogen and oxygen atoms in total. The first-order valence-electron chi connectivity index (χ1n) is 6.70. The number of anilines is 1. The van der Waals surface area contributed by atoms with Crippen molar-refractivity contribution < 1.29 is 8.42 Å². The SMILES string of the molecule is CCNS(=O)(=O)c1ccc(NC(C)c2csc(C)n2)cc1. The van der Waals surface area contributed by atoms with E-state index in [2.05, 4.69) is 15.0 Å². The first kappa shape index (κ1) is 15.9. The van der Waals surface area contributed by atoms with E-state index in [1.807, 2.05) is 19.2 Å². The molecule has 1 aromatic heterocycles. The summed E-state index contributed by atoms with van der Waals surface area (Å²) in [7, 11) is -3.39. The molecule has 2 aromatic rings. The van der Waals surface area contributed by atoms with Crippen LogP contribution in [-0.4, -0.2) is 19.9 Å². The Morgan fingerprint density at radius 2 is 1.95 bits per heavy atom. The van der Waals surface area contributed by atoms with Crippen molar-refractivity contribution in [3.63, 3.8) is 0 Å². The van der Waals surface area contributed by atoms with Crippen LogP contribution in [0.3, 0.4) is 0 Å². The van der Waals surface area contributed by atoms with Gasteiger partial charge in [-0.15, -0.1) is 11.3 Å².